The number of hydrogen-bond acceptors (Lipinski definition) is 2. The van der Waals surface area contributed by atoms with E-state index in [-0.39, 0.29) is 5.41 Å². The van der Waals surface area contributed by atoms with Gasteiger partial charge in [0.15, 0.2) is 0 Å². The second kappa shape index (κ2) is 7.99. The smallest absolute Gasteiger partial charge is 0.150 e. The molecular formula is C24H28O2. The number of benzene rings is 2. The Morgan fingerprint density at radius 3 is 1.77 bits per heavy atom. The maximum Gasteiger partial charge on any atom is 0.150 e. The Morgan fingerprint density at radius 1 is 0.769 bits per heavy atom. The predicted molar refractivity (Wildman–Crippen MR) is 107 cm³/mol. The molecule has 0 amide bonds. The lowest BCUT2D eigenvalue weighted by molar-refractivity contribution is 0.111. The van der Waals surface area contributed by atoms with E-state index < -0.39 is 0 Å². The summed E-state index contributed by atoms with van der Waals surface area (Å²) in [6.45, 7) is 4.51. The van der Waals surface area contributed by atoms with Crippen LogP contribution in [0.2, 0.25) is 0 Å². The molecule has 0 saturated carbocycles. The van der Waals surface area contributed by atoms with Crippen LogP contribution in [0.1, 0.15) is 90.6 Å². The van der Waals surface area contributed by atoms with Crippen molar-refractivity contribution in [2.24, 2.45) is 0 Å². The van der Waals surface area contributed by atoms with Gasteiger partial charge in [0.25, 0.3) is 0 Å². The van der Waals surface area contributed by atoms with E-state index in [0.29, 0.717) is 0 Å². The van der Waals surface area contributed by atoms with Crippen molar-refractivity contribution in [2.45, 2.75) is 64.2 Å². The van der Waals surface area contributed by atoms with Gasteiger partial charge in [-0.05, 0) is 40.8 Å². The molecule has 3 rings (SSSR count). The highest BCUT2D eigenvalue weighted by Gasteiger charge is 2.39. The quantitative estimate of drug-likeness (QED) is 0.391. The molecule has 2 nitrogen and oxygen atoms in total. The molecule has 1 aliphatic rings. The fraction of sp³-hybridized carbons (Fsp3) is 0.417. The standard InChI is InChI=1S/C24H28O2/c1-3-4-5-6-7-8-13-24(2)22-14-18(16-25)9-11-20(22)21-12-10-19(17-26)15-23(21)24/h9-12,14-17H,3-8,13H2,1-2H3. The summed E-state index contributed by atoms with van der Waals surface area (Å²) in [7, 11) is 0. The second-order valence-corrected chi connectivity index (χ2v) is 7.70. The van der Waals surface area contributed by atoms with Gasteiger partial charge in [-0.1, -0.05) is 76.6 Å². The molecule has 0 spiro atoms. The molecule has 0 radical (unpaired) electrons. The van der Waals surface area contributed by atoms with Gasteiger partial charge in [0.2, 0.25) is 0 Å². The van der Waals surface area contributed by atoms with Crippen LogP contribution in [-0.2, 0) is 5.41 Å². The highest BCUT2D eigenvalue weighted by Crippen LogP contribution is 2.51. The van der Waals surface area contributed by atoms with Gasteiger partial charge in [0.1, 0.15) is 12.6 Å². The minimum Gasteiger partial charge on any atom is -0.298 e. The number of fused-ring (bicyclic) bond motifs is 3. The summed E-state index contributed by atoms with van der Waals surface area (Å²) in [6, 6.07) is 12.0. The largest absolute Gasteiger partial charge is 0.298 e. The van der Waals surface area contributed by atoms with Crippen molar-refractivity contribution in [3.05, 3.63) is 58.7 Å². The molecule has 0 unspecified atom stereocenters. The molecule has 0 saturated heterocycles. The molecule has 0 heterocycles. The normalized spacial score (nSPS) is 13.9. The monoisotopic (exact) mass is 348 g/mol. The van der Waals surface area contributed by atoms with Crippen LogP contribution in [0.4, 0.5) is 0 Å². The first kappa shape index (κ1) is 18.6. The average Bonchev–Trinajstić information content (AvgIpc) is 2.92. The van der Waals surface area contributed by atoms with Crippen molar-refractivity contribution in [2.75, 3.05) is 0 Å². The summed E-state index contributed by atoms with van der Waals surface area (Å²) >= 11 is 0. The molecule has 1 aliphatic carbocycles. The number of hydrogen-bond donors (Lipinski definition) is 0. The SMILES string of the molecule is CCCCCCCCC1(C)c2cc(C=O)ccc2-c2ccc(C=O)cc21. The van der Waals surface area contributed by atoms with Crippen molar-refractivity contribution >= 4 is 12.6 Å². The molecule has 136 valence electrons. The van der Waals surface area contributed by atoms with Gasteiger partial charge in [-0.15, -0.1) is 0 Å². The lowest BCUT2D eigenvalue weighted by atomic mass is 9.75. The number of rotatable bonds is 9. The second-order valence-electron chi connectivity index (χ2n) is 7.70. The molecule has 0 atom stereocenters. The Labute approximate surface area is 156 Å². The third-order valence-corrected chi connectivity index (χ3v) is 5.87. The van der Waals surface area contributed by atoms with Gasteiger partial charge < -0.3 is 0 Å². The highest BCUT2D eigenvalue weighted by molar-refractivity contribution is 5.87. The van der Waals surface area contributed by atoms with Crippen LogP contribution in [0.15, 0.2) is 36.4 Å². The zero-order valence-electron chi connectivity index (χ0n) is 15.9. The summed E-state index contributed by atoms with van der Waals surface area (Å²) in [6.07, 6.45) is 10.5. The van der Waals surface area contributed by atoms with Gasteiger partial charge >= 0.3 is 0 Å². The summed E-state index contributed by atoms with van der Waals surface area (Å²) in [5.41, 5.74) is 6.19. The molecule has 2 heteroatoms. The summed E-state index contributed by atoms with van der Waals surface area (Å²) in [5, 5.41) is 0. The minimum atomic E-state index is -0.131. The Hall–Kier alpha value is -2.22. The van der Waals surface area contributed by atoms with Crippen LogP contribution in [0.5, 0.6) is 0 Å². The Balaban J connectivity index is 1.92. The number of aldehydes is 2. The molecule has 0 bridgehead atoms. The van der Waals surface area contributed by atoms with Gasteiger partial charge in [-0.3, -0.25) is 9.59 Å². The molecule has 2 aromatic rings. The van der Waals surface area contributed by atoms with Crippen molar-refractivity contribution in [3.8, 4) is 11.1 Å². The van der Waals surface area contributed by atoms with Gasteiger partial charge in [0, 0.05) is 16.5 Å². The van der Waals surface area contributed by atoms with Crippen LogP contribution in [0.25, 0.3) is 11.1 Å². The van der Waals surface area contributed by atoms with Gasteiger partial charge in [-0.2, -0.15) is 0 Å². The zero-order valence-corrected chi connectivity index (χ0v) is 15.9. The van der Waals surface area contributed by atoms with Crippen LogP contribution in [0.3, 0.4) is 0 Å². The fourth-order valence-electron chi connectivity index (χ4n) is 4.33. The van der Waals surface area contributed by atoms with Crippen LogP contribution in [-0.4, -0.2) is 12.6 Å². The molecule has 0 aromatic heterocycles. The van der Waals surface area contributed by atoms with Crippen molar-refractivity contribution in [3.63, 3.8) is 0 Å². The van der Waals surface area contributed by atoms with Crippen molar-refractivity contribution < 1.29 is 9.59 Å². The Bertz CT molecular complexity index is 746. The van der Waals surface area contributed by atoms with Crippen molar-refractivity contribution in [1.29, 1.82) is 0 Å². The molecule has 0 aliphatic heterocycles. The summed E-state index contributed by atoms with van der Waals surface area (Å²) in [5.74, 6) is 0. The molecule has 0 N–H and O–H groups in total. The van der Waals surface area contributed by atoms with Crippen LogP contribution < -0.4 is 0 Å². The van der Waals surface area contributed by atoms with E-state index in [1.807, 2.05) is 24.3 Å². The Kier molecular flexibility index (Phi) is 5.70. The van der Waals surface area contributed by atoms with Crippen LogP contribution in [0, 0.1) is 0 Å². The van der Waals surface area contributed by atoms with E-state index in [4.69, 9.17) is 0 Å². The molecular weight excluding hydrogens is 320 g/mol. The van der Waals surface area contributed by atoms with E-state index in [1.165, 1.54) is 54.4 Å². The molecule has 0 fully saturated rings. The molecule has 2 aromatic carbocycles. The average molecular weight is 348 g/mol. The fourth-order valence-corrected chi connectivity index (χ4v) is 4.33. The Morgan fingerprint density at radius 2 is 1.27 bits per heavy atom. The van der Waals surface area contributed by atoms with E-state index in [9.17, 15) is 9.59 Å². The summed E-state index contributed by atoms with van der Waals surface area (Å²) < 4.78 is 0. The maximum atomic E-state index is 11.3. The van der Waals surface area contributed by atoms with E-state index >= 15 is 0 Å². The first-order valence-corrected chi connectivity index (χ1v) is 9.84. The molecule has 26 heavy (non-hydrogen) atoms. The number of carbonyl (C=O) groups is 2. The third kappa shape index (κ3) is 3.38. The predicted octanol–water partition coefficient (Wildman–Crippen LogP) is 6.35. The summed E-state index contributed by atoms with van der Waals surface area (Å²) in [4.78, 5) is 22.6. The number of unbranched alkanes of at least 4 members (excludes halogenated alkanes) is 5. The third-order valence-electron chi connectivity index (χ3n) is 5.87. The maximum absolute atomic E-state index is 11.3. The lowest BCUT2D eigenvalue weighted by Crippen LogP contribution is -2.21. The van der Waals surface area contributed by atoms with E-state index in [2.05, 4.69) is 26.0 Å². The first-order chi connectivity index (χ1) is 12.6. The van der Waals surface area contributed by atoms with E-state index in [1.54, 1.807) is 0 Å². The minimum absolute atomic E-state index is 0.131. The van der Waals surface area contributed by atoms with Gasteiger partial charge in [-0.25, -0.2) is 0 Å². The van der Waals surface area contributed by atoms with E-state index in [0.717, 1.165) is 36.5 Å². The highest BCUT2D eigenvalue weighted by atomic mass is 16.1. The number of carbonyl (C=O) groups excluding carboxylic acids is 2. The van der Waals surface area contributed by atoms with Gasteiger partial charge in [0.05, 0.1) is 0 Å². The zero-order chi connectivity index (χ0) is 18.6. The topological polar surface area (TPSA) is 34.1 Å². The van der Waals surface area contributed by atoms with Crippen LogP contribution >= 0.6 is 0 Å². The lowest BCUT2D eigenvalue weighted by Gasteiger charge is -2.28. The first-order valence-electron chi connectivity index (χ1n) is 9.84. The van der Waals surface area contributed by atoms with Crippen molar-refractivity contribution in [1.82, 2.24) is 0 Å².